The van der Waals surface area contributed by atoms with Crippen LogP contribution in [-0.4, -0.2) is 32.1 Å². The van der Waals surface area contributed by atoms with E-state index in [1.54, 1.807) is 25.3 Å². The van der Waals surface area contributed by atoms with Crippen molar-refractivity contribution in [3.8, 4) is 11.5 Å². The molecule has 0 unspecified atom stereocenters. The molecule has 0 saturated heterocycles. The van der Waals surface area contributed by atoms with Gasteiger partial charge in [-0.3, -0.25) is 9.59 Å². The normalized spacial score (nSPS) is 10.6. The van der Waals surface area contributed by atoms with Crippen LogP contribution in [0.2, 0.25) is 0 Å². The van der Waals surface area contributed by atoms with Gasteiger partial charge in [-0.2, -0.15) is 0 Å². The lowest BCUT2D eigenvalue weighted by Gasteiger charge is -2.10. The van der Waals surface area contributed by atoms with Crippen molar-refractivity contribution < 1.29 is 19.1 Å². The molecule has 0 fully saturated rings. The van der Waals surface area contributed by atoms with E-state index in [1.807, 2.05) is 38.1 Å². The summed E-state index contributed by atoms with van der Waals surface area (Å²) >= 11 is 3.38. The van der Waals surface area contributed by atoms with Crippen LogP contribution in [0, 0.1) is 6.92 Å². The largest absolute Gasteiger partial charge is 0.493 e. The molecule has 0 heterocycles. The Bertz CT molecular complexity index is 896. The summed E-state index contributed by atoms with van der Waals surface area (Å²) in [6, 6.07) is 11.1. The first-order valence-corrected chi connectivity index (χ1v) is 10.0. The Labute approximate surface area is 179 Å². The van der Waals surface area contributed by atoms with Crippen molar-refractivity contribution in [2.24, 2.45) is 0 Å². The van der Waals surface area contributed by atoms with Crippen LogP contribution in [-0.2, 0) is 9.59 Å². The Hall–Kier alpha value is -2.80. The molecular formula is C22H25BrN2O4. The van der Waals surface area contributed by atoms with Gasteiger partial charge in [0.25, 0.3) is 0 Å². The zero-order valence-electron chi connectivity index (χ0n) is 16.8. The molecule has 0 radical (unpaired) electrons. The molecule has 0 aromatic heterocycles. The highest BCUT2D eigenvalue weighted by molar-refractivity contribution is 9.10. The molecule has 2 rings (SSSR count). The average Bonchev–Trinajstić information content (AvgIpc) is 2.69. The topological polar surface area (TPSA) is 76.7 Å². The van der Waals surface area contributed by atoms with Gasteiger partial charge in [0.05, 0.1) is 13.7 Å². The van der Waals surface area contributed by atoms with Crippen LogP contribution in [0.25, 0.3) is 6.08 Å². The summed E-state index contributed by atoms with van der Waals surface area (Å²) in [5, 5.41) is 5.55. The third-order valence-electron chi connectivity index (χ3n) is 4.04. The van der Waals surface area contributed by atoms with Gasteiger partial charge in [0, 0.05) is 29.2 Å². The summed E-state index contributed by atoms with van der Waals surface area (Å²) in [6.45, 7) is 4.58. The zero-order valence-corrected chi connectivity index (χ0v) is 18.3. The van der Waals surface area contributed by atoms with Crippen molar-refractivity contribution >= 4 is 39.5 Å². The smallest absolute Gasteiger partial charge is 0.244 e. The molecule has 0 saturated carbocycles. The first kappa shape index (κ1) is 22.5. The van der Waals surface area contributed by atoms with Crippen molar-refractivity contribution in [1.29, 1.82) is 0 Å². The maximum atomic E-state index is 12.1. The number of halogens is 1. The second-order valence-corrected chi connectivity index (χ2v) is 7.14. The predicted octanol–water partition coefficient (Wildman–Crippen LogP) is 4.32. The highest BCUT2D eigenvalue weighted by Gasteiger charge is 2.07. The van der Waals surface area contributed by atoms with Gasteiger partial charge in [0.1, 0.15) is 0 Å². The molecule has 0 atom stereocenters. The lowest BCUT2D eigenvalue weighted by atomic mass is 10.2. The van der Waals surface area contributed by atoms with Gasteiger partial charge < -0.3 is 20.1 Å². The third-order valence-corrected chi connectivity index (χ3v) is 4.53. The Morgan fingerprint density at radius 1 is 1.14 bits per heavy atom. The molecule has 2 amide bonds. The maximum Gasteiger partial charge on any atom is 0.244 e. The van der Waals surface area contributed by atoms with E-state index in [2.05, 4.69) is 26.6 Å². The Morgan fingerprint density at radius 3 is 2.66 bits per heavy atom. The minimum atomic E-state index is -0.273. The molecule has 2 aromatic carbocycles. The first-order chi connectivity index (χ1) is 13.9. The van der Waals surface area contributed by atoms with Gasteiger partial charge in [-0.1, -0.05) is 28.1 Å². The van der Waals surface area contributed by atoms with Gasteiger partial charge in [-0.15, -0.1) is 0 Å². The predicted molar refractivity (Wildman–Crippen MR) is 118 cm³/mol. The second kappa shape index (κ2) is 11.3. The summed E-state index contributed by atoms with van der Waals surface area (Å²) < 4.78 is 11.7. The van der Waals surface area contributed by atoms with Crippen LogP contribution in [0.3, 0.4) is 0 Å². The molecule has 154 valence electrons. The van der Waals surface area contributed by atoms with Crippen molar-refractivity contribution in [2.45, 2.75) is 20.3 Å². The number of aryl methyl sites for hydroxylation is 1. The lowest BCUT2D eigenvalue weighted by Crippen LogP contribution is -2.26. The summed E-state index contributed by atoms with van der Waals surface area (Å²) in [5.74, 6) is 0.828. The molecule has 0 spiro atoms. The Kier molecular flexibility index (Phi) is 8.73. The highest BCUT2D eigenvalue weighted by atomic mass is 79.9. The van der Waals surface area contributed by atoms with Gasteiger partial charge in [0.15, 0.2) is 11.5 Å². The lowest BCUT2D eigenvalue weighted by molar-refractivity contribution is -0.117. The minimum Gasteiger partial charge on any atom is -0.493 e. The number of amides is 2. The number of hydrogen-bond donors (Lipinski definition) is 2. The summed E-state index contributed by atoms with van der Waals surface area (Å²) in [4.78, 5) is 24.1. The molecule has 0 aliphatic rings. The molecule has 7 heteroatoms. The number of rotatable bonds is 9. The molecular weight excluding hydrogens is 436 g/mol. The summed E-state index contributed by atoms with van der Waals surface area (Å²) in [7, 11) is 1.58. The van der Waals surface area contributed by atoms with Crippen LogP contribution in [0.1, 0.15) is 24.5 Å². The van der Waals surface area contributed by atoms with Crippen molar-refractivity contribution in [3.05, 3.63) is 58.1 Å². The molecule has 0 bridgehead atoms. The third kappa shape index (κ3) is 7.27. The number of nitrogens with one attached hydrogen (secondary N) is 2. The number of benzene rings is 2. The Morgan fingerprint density at radius 2 is 1.93 bits per heavy atom. The molecule has 2 N–H and O–H groups in total. The van der Waals surface area contributed by atoms with E-state index in [-0.39, 0.29) is 24.8 Å². The van der Waals surface area contributed by atoms with Crippen LogP contribution in [0.15, 0.2) is 46.9 Å². The fraction of sp³-hybridized carbons (Fsp3) is 0.273. The van der Waals surface area contributed by atoms with Gasteiger partial charge in [0.2, 0.25) is 11.8 Å². The number of carbonyl (C=O) groups excluding carboxylic acids is 2. The molecule has 0 aliphatic heterocycles. The van der Waals surface area contributed by atoms with Crippen LogP contribution in [0.4, 0.5) is 5.69 Å². The summed E-state index contributed by atoms with van der Waals surface area (Å²) in [6.07, 6.45) is 3.29. The van der Waals surface area contributed by atoms with Crippen LogP contribution >= 0.6 is 15.9 Å². The van der Waals surface area contributed by atoms with E-state index >= 15 is 0 Å². The number of methoxy groups -OCH3 is 1. The van der Waals surface area contributed by atoms with Gasteiger partial charge >= 0.3 is 0 Å². The standard InChI is InChI=1S/C22H25BrN2O4/c1-4-29-20-13-16(6-9-19(20)28-3)7-10-21(26)24-12-11-22(27)25-18-14-17(23)8-5-15(18)2/h5-10,13-14H,4,11-12H2,1-3H3,(H,24,26)(H,25,27)/b10-7+. The summed E-state index contributed by atoms with van der Waals surface area (Å²) in [5.41, 5.74) is 2.53. The van der Waals surface area contributed by atoms with E-state index in [4.69, 9.17) is 9.47 Å². The zero-order chi connectivity index (χ0) is 21.2. The van der Waals surface area contributed by atoms with Gasteiger partial charge in [-0.05, 0) is 55.3 Å². The molecule has 29 heavy (non-hydrogen) atoms. The quantitative estimate of drug-likeness (QED) is 0.546. The van der Waals surface area contributed by atoms with Crippen molar-refractivity contribution in [2.75, 3.05) is 25.6 Å². The molecule has 0 aliphatic carbocycles. The van der Waals surface area contributed by atoms with Crippen molar-refractivity contribution in [1.82, 2.24) is 5.32 Å². The van der Waals surface area contributed by atoms with E-state index in [0.29, 0.717) is 18.1 Å². The Balaban J connectivity index is 1.83. The fourth-order valence-electron chi connectivity index (χ4n) is 2.54. The van der Waals surface area contributed by atoms with E-state index in [9.17, 15) is 9.59 Å². The average molecular weight is 461 g/mol. The highest BCUT2D eigenvalue weighted by Crippen LogP contribution is 2.28. The number of hydrogen-bond acceptors (Lipinski definition) is 4. The van der Waals surface area contributed by atoms with Crippen LogP contribution in [0.5, 0.6) is 11.5 Å². The number of anilines is 1. The van der Waals surface area contributed by atoms with E-state index in [0.717, 1.165) is 21.3 Å². The van der Waals surface area contributed by atoms with Crippen LogP contribution < -0.4 is 20.1 Å². The van der Waals surface area contributed by atoms with E-state index in [1.165, 1.54) is 6.08 Å². The molecule has 6 nitrogen and oxygen atoms in total. The monoisotopic (exact) mass is 460 g/mol. The fourth-order valence-corrected chi connectivity index (χ4v) is 2.90. The SMILES string of the molecule is CCOc1cc(/C=C/C(=O)NCCC(=O)Nc2cc(Br)ccc2C)ccc1OC. The molecule has 2 aromatic rings. The first-order valence-electron chi connectivity index (χ1n) is 9.25. The van der Waals surface area contributed by atoms with Gasteiger partial charge in [-0.25, -0.2) is 0 Å². The van der Waals surface area contributed by atoms with E-state index < -0.39 is 0 Å². The number of ether oxygens (including phenoxy) is 2. The number of carbonyl (C=O) groups is 2. The maximum absolute atomic E-state index is 12.1. The minimum absolute atomic E-state index is 0.160. The van der Waals surface area contributed by atoms with Crippen molar-refractivity contribution in [3.63, 3.8) is 0 Å². The second-order valence-electron chi connectivity index (χ2n) is 6.23.